The Morgan fingerprint density at radius 1 is 1.18 bits per heavy atom. The molecule has 0 aliphatic carbocycles. The fraction of sp³-hybridized carbons (Fsp3) is 0.235. The van der Waals surface area contributed by atoms with Crippen LogP contribution in [0.25, 0.3) is 22.4 Å². The maximum atomic E-state index is 6.21. The summed E-state index contributed by atoms with van der Waals surface area (Å²) in [6, 6.07) is 11.4. The Hall–Kier alpha value is -2.20. The predicted octanol–water partition coefficient (Wildman–Crippen LogP) is 4.68. The third-order valence-corrected chi connectivity index (χ3v) is 3.46. The highest BCUT2D eigenvalue weighted by atomic mass is 35.5. The van der Waals surface area contributed by atoms with Crippen molar-refractivity contribution in [3.05, 3.63) is 41.4 Å². The van der Waals surface area contributed by atoms with E-state index < -0.39 is 0 Å². The largest absolute Gasteiger partial charge is 0.493 e. The molecule has 0 aliphatic rings. The molecule has 4 nitrogen and oxygen atoms in total. The summed E-state index contributed by atoms with van der Waals surface area (Å²) in [5.74, 6) is 1.94. The van der Waals surface area contributed by atoms with E-state index in [9.17, 15) is 0 Å². The summed E-state index contributed by atoms with van der Waals surface area (Å²) in [7, 11) is 1.60. The zero-order chi connectivity index (χ0) is 15.7. The van der Waals surface area contributed by atoms with Crippen LogP contribution < -0.4 is 9.47 Å². The van der Waals surface area contributed by atoms with Crippen molar-refractivity contribution < 1.29 is 9.47 Å². The number of aromatic nitrogens is 2. The zero-order valence-electron chi connectivity index (χ0n) is 12.7. The molecule has 114 valence electrons. The first-order chi connectivity index (χ1) is 10.6. The van der Waals surface area contributed by atoms with Crippen LogP contribution in [-0.2, 0) is 0 Å². The van der Waals surface area contributed by atoms with E-state index in [1.165, 1.54) is 0 Å². The van der Waals surface area contributed by atoms with Crippen molar-refractivity contribution in [2.24, 2.45) is 0 Å². The van der Waals surface area contributed by atoms with Crippen LogP contribution in [0.3, 0.4) is 0 Å². The topological polar surface area (TPSA) is 47.1 Å². The van der Waals surface area contributed by atoms with E-state index in [-0.39, 0.29) is 6.10 Å². The minimum atomic E-state index is 0.0122. The predicted molar refractivity (Wildman–Crippen MR) is 88.9 cm³/mol. The molecule has 0 amide bonds. The van der Waals surface area contributed by atoms with E-state index >= 15 is 0 Å². The van der Waals surface area contributed by atoms with Crippen molar-refractivity contribution in [2.75, 3.05) is 7.11 Å². The fourth-order valence-corrected chi connectivity index (χ4v) is 2.54. The number of H-pyrrole nitrogens is 1. The van der Waals surface area contributed by atoms with Gasteiger partial charge in [0.05, 0.1) is 29.8 Å². The minimum Gasteiger partial charge on any atom is -0.493 e. The number of hydrogen-bond donors (Lipinski definition) is 1. The molecule has 0 fully saturated rings. The number of nitrogens with zero attached hydrogens (tertiary/aromatic N) is 1. The number of hydrogen-bond acceptors (Lipinski definition) is 3. The molecule has 0 saturated heterocycles. The number of nitrogens with one attached hydrogen (secondary N) is 1. The molecule has 5 heteroatoms. The lowest BCUT2D eigenvalue weighted by molar-refractivity contribution is 0.231. The normalized spacial score (nSPS) is 11.1. The molecule has 2 aromatic carbocycles. The Bertz CT molecular complexity index is 779. The maximum Gasteiger partial charge on any atom is 0.172 e. The third-order valence-electron chi connectivity index (χ3n) is 3.24. The van der Waals surface area contributed by atoms with Crippen LogP contribution in [0.1, 0.15) is 13.8 Å². The molecule has 0 spiro atoms. The summed E-state index contributed by atoms with van der Waals surface area (Å²) in [5, 5.41) is 0.573. The Morgan fingerprint density at radius 3 is 2.64 bits per heavy atom. The van der Waals surface area contributed by atoms with Gasteiger partial charge in [-0.25, -0.2) is 4.98 Å². The second kappa shape index (κ2) is 5.89. The average Bonchev–Trinajstić information content (AvgIpc) is 2.91. The number of imidazole rings is 1. The van der Waals surface area contributed by atoms with Crippen LogP contribution in [-0.4, -0.2) is 23.2 Å². The molecule has 1 heterocycles. The Labute approximate surface area is 134 Å². The Balaban J connectivity index is 2.21. The van der Waals surface area contributed by atoms with Gasteiger partial charge in [0.2, 0.25) is 0 Å². The van der Waals surface area contributed by atoms with E-state index in [0.29, 0.717) is 22.3 Å². The SMILES string of the molecule is COc1cc(Cl)cc(-c2nc3ccccc3[nH]2)c1OC(C)C. The molecule has 22 heavy (non-hydrogen) atoms. The molecule has 0 radical (unpaired) electrons. The van der Waals surface area contributed by atoms with Gasteiger partial charge >= 0.3 is 0 Å². The third kappa shape index (κ3) is 2.74. The summed E-state index contributed by atoms with van der Waals surface area (Å²) < 4.78 is 11.3. The summed E-state index contributed by atoms with van der Waals surface area (Å²) >= 11 is 6.21. The molecule has 0 bridgehead atoms. The van der Waals surface area contributed by atoms with Crippen LogP contribution in [0.4, 0.5) is 0 Å². The number of halogens is 1. The number of methoxy groups -OCH3 is 1. The first kappa shape index (κ1) is 14.7. The van der Waals surface area contributed by atoms with Crippen molar-refractivity contribution in [3.8, 4) is 22.9 Å². The van der Waals surface area contributed by atoms with E-state index in [1.807, 2.05) is 44.2 Å². The molecule has 0 atom stereocenters. The fourth-order valence-electron chi connectivity index (χ4n) is 2.33. The van der Waals surface area contributed by atoms with Gasteiger partial charge in [0.25, 0.3) is 0 Å². The van der Waals surface area contributed by atoms with E-state index in [4.69, 9.17) is 21.1 Å². The van der Waals surface area contributed by atoms with E-state index in [0.717, 1.165) is 16.6 Å². The number of ether oxygens (including phenoxy) is 2. The van der Waals surface area contributed by atoms with Gasteiger partial charge in [-0.1, -0.05) is 23.7 Å². The number of aromatic amines is 1. The lowest BCUT2D eigenvalue weighted by Crippen LogP contribution is -2.08. The number of fused-ring (bicyclic) bond motifs is 1. The van der Waals surface area contributed by atoms with Crippen molar-refractivity contribution in [2.45, 2.75) is 20.0 Å². The maximum absolute atomic E-state index is 6.21. The standard InChI is InChI=1S/C17H17ClN2O2/c1-10(2)22-16-12(8-11(18)9-15(16)21-3)17-19-13-6-4-5-7-14(13)20-17/h4-10H,1-3H3,(H,19,20). The first-order valence-electron chi connectivity index (χ1n) is 7.08. The molecule has 3 rings (SSSR count). The van der Waals surface area contributed by atoms with Crippen molar-refractivity contribution >= 4 is 22.6 Å². The van der Waals surface area contributed by atoms with Crippen LogP contribution in [0.5, 0.6) is 11.5 Å². The van der Waals surface area contributed by atoms with Gasteiger partial charge in [-0.3, -0.25) is 0 Å². The van der Waals surface area contributed by atoms with Crippen LogP contribution in [0, 0.1) is 0 Å². The number of benzene rings is 2. The van der Waals surface area contributed by atoms with Crippen molar-refractivity contribution in [1.29, 1.82) is 0 Å². The van der Waals surface area contributed by atoms with Gasteiger partial charge in [0.1, 0.15) is 5.82 Å². The summed E-state index contributed by atoms with van der Waals surface area (Å²) in [6.07, 6.45) is 0.0122. The van der Waals surface area contributed by atoms with Crippen molar-refractivity contribution in [3.63, 3.8) is 0 Å². The summed E-state index contributed by atoms with van der Waals surface area (Å²) in [5.41, 5.74) is 2.65. The second-order valence-electron chi connectivity index (χ2n) is 5.25. The molecule has 3 aromatic rings. The summed E-state index contributed by atoms with van der Waals surface area (Å²) in [6.45, 7) is 3.94. The highest BCUT2D eigenvalue weighted by Gasteiger charge is 2.18. The van der Waals surface area contributed by atoms with Crippen LogP contribution in [0.15, 0.2) is 36.4 Å². The average molecular weight is 317 g/mol. The summed E-state index contributed by atoms with van der Waals surface area (Å²) in [4.78, 5) is 7.92. The second-order valence-corrected chi connectivity index (χ2v) is 5.69. The van der Waals surface area contributed by atoms with Crippen LogP contribution in [0.2, 0.25) is 5.02 Å². The van der Waals surface area contributed by atoms with Crippen LogP contribution >= 0.6 is 11.6 Å². The van der Waals surface area contributed by atoms with Gasteiger partial charge in [-0.05, 0) is 32.0 Å². The minimum absolute atomic E-state index is 0.0122. The number of rotatable bonds is 4. The molecule has 0 aliphatic heterocycles. The smallest absolute Gasteiger partial charge is 0.172 e. The first-order valence-corrected chi connectivity index (χ1v) is 7.45. The Kier molecular flexibility index (Phi) is 3.94. The molecular formula is C17H17ClN2O2. The molecular weight excluding hydrogens is 300 g/mol. The Morgan fingerprint density at radius 2 is 1.95 bits per heavy atom. The molecule has 1 aromatic heterocycles. The molecule has 0 unspecified atom stereocenters. The van der Waals surface area contributed by atoms with E-state index in [1.54, 1.807) is 13.2 Å². The van der Waals surface area contributed by atoms with Gasteiger partial charge in [0, 0.05) is 11.1 Å². The molecule has 0 saturated carbocycles. The highest BCUT2D eigenvalue weighted by molar-refractivity contribution is 6.31. The quantitative estimate of drug-likeness (QED) is 0.760. The van der Waals surface area contributed by atoms with Gasteiger partial charge in [-0.2, -0.15) is 0 Å². The van der Waals surface area contributed by atoms with Crippen molar-refractivity contribution in [1.82, 2.24) is 9.97 Å². The number of para-hydroxylation sites is 2. The highest BCUT2D eigenvalue weighted by Crippen LogP contribution is 2.40. The zero-order valence-corrected chi connectivity index (χ0v) is 13.4. The van der Waals surface area contributed by atoms with E-state index in [2.05, 4.69) is 9.97 Å². The molecule has 1 N–H and O–H groups in total. The van der Waals surface area contributed by atoms with Gasteiger partial charge in [0.15, 0.2) is 11.5 Å². The lowest BCUT2D eigenvalue weighted by Gasteiger charge is -2.17. The van der Waals surface area contributed by atoms with Gasteiger partial charge < -0.3 is 14.5 Å². The monoisotopic (exact) mass is 316 g/mol. The lowest BCUT2D eigenvalue weighted by atomic mass is 10.1. The van der Waals surface area contributed by atoms with Gasteiger partial charge in [-0.15, -0.1) is 0 Å².